The molecule has 0 aromatic rings. The van der Waals surface area contributed by atoms with E-state index in [1.165, 1.54) is 0 Å². The van der Waals surface area contributed by atoms with E-state index in [-0.39, 0.29) is 11.3 Å². The first-order valence-corrected chi connectivity index (χ1v) is 4.32. The number of carbonyl (C=O) groups is 1. The molecule has 1 heteroatoms. The highest BCUT2D eigenvalue weighted by Crippen LogP contribution is 2.43. The van der Waals surface area contributed by atoms with Crippen LogP contribution in [0.3, 0.4) is 0 Å². The molecule has 2 aliphatic carbocycles. The Morgan fingerprint density at radius 3 is 2.91 bits per heavy atom. The van der Waals surface area contributed by atoms with Gasteiger partial charge < -0.3 is 0 Å². The summed E-state index contributed by atoms with van der Waals surface area (Å²) in [5.74, 6) is 1.39. The summed E-state index contributed by atoms with van der Waals surface area (Å²) < 4.78 is 0. The van der Waals surface area contributed by atoms with E-state index in [0.29, 0.717) is 11.7 Å². The van der Waals surface area contributed by atoms with Gasteiger partial charge in [0.2, 0.25) is 0 Å². The fourth-order valence-corrected chi connectivity index (χ4v) is 2.38. The number of rotatable bonds is 0. The Morgan fingerprint density at radius 1 is 1.45 bits per heavy atom. The average molecular weight is 150 g/mol. The molecule has 2 bridgehead atoms. The molecule has 60 valence electrons. The van der Waals surface area contributed by atoms with E-state index in [1.54, 1.807) is 0 Å². The molecule has 11 heavy (non-hydrogen) atoms. The smallest absolute Gasteiger partial charge is 0.145 e. The van der Waals surface area contributed by atoms with Gasteiger partial charge in [-0.05, 0) is 18.8 Å². The lowest BCUT2D eigenvalue weighted by Crippen LogP contribution is -2.35. The Hall–Kier alpha value is -0.590. The van der Waals surface area contributed by atoms with Gasteiger partial charge in [0.15, 0.2) is 0 Å². The minimum absolute atomic E-state index is 0.0584. The van der Waals surface area contributed by atoms with Crippen LogP contribution in [0, 0.1) is 17.3 Å². The van der Waals surface area contributed by atoms with Crippen molar-refractivity contribution in [3.8, 4) is 0 Å². The van der Waals surface area contributed by atoms with Gasteiger partial charge in [-0.3, -0.25) is 4.79 Å². The number of allylic oxidation sites excluding steroid dienone is 2. The lowest BCUT2D eigenvalue weighted by molar-refractivity contribution is -0.132. The van der Waals surface area contributed by atoms with Crippen molar-refractivity contribution in [3.63, 3.8) is 0 Å². The molecule has 2 unspecified atom stereocenters. The van der Waals surface area contributed by atoms with Crippen LogP contribution in [0.4, 0.5) is 0 Å². The van der Waals surface area contributed by atoms with Gasteiger partial charge in [0, 0.05) is 11.3 Å². The van der Waals surface area contributed by atoms with E-state index in [4.69, 9.17) is 0 Å². The molecule has 2 atom stereocenters. The topological polar surface area (TPSA) is 17.1 Å². The molecule has 0 aromatic heterocycles. The Bertz CT molecular complexity index is 225. The number of carbonyl (C=O) groups excluding carboxylic acids is 1. The van der Waals surface area contributed by atoms with Crippen LogP contribution in [0.1, 0.15) is 26.7 Å². The summed E-state index contributed by atoms with van der Waals surface area (Å²) in [6.07, 6.45) is 6.46. The summed E-state index contributed by atoms with van der Waals surface area (Å²) in [7, 11) is 0. The first-order valence-electron chi connectivity index (χ1n) is 4.32. The first kappa shape index (κ1) is 7.08. The van der Waals surface area contributed by atoms with Gasteiger partial charge >= 0.3 is 0 Å². The molecular weight excluding hydrogens is 136 g/mol. The molecule has 0 saturated heterocycles. The Morgan fingerprint density at radius 2 is 2.18 bits per heavy atom. The maximum absolute atomic E-state index is 11.7. The number of hydrogen-bond donors (Lipinski definition) is 0. The molecule has 0 heterocycles. The third-order valence-corrected chi connectivity index (χ3v) is 2.95. The summed E-state index contributed by atoms with van der Waals surface area (Å²) in [4.78, 5) is 11.7. The normalized spacial score (nSPS) is 39.6. The van der Waals surface area contributed by atoms with Crippen LogP contribution in [-0.4, -0.2) is 5.78 Å². The third kappa shape index (κ3) is 0.943. The highest BCUT2D eigenvalue weighted by molar-refractivity contribution is 5.89. The summed E-state index contributed by atoms with van der Waals surface area (Å²) in [6, 6.07) is 0. The molecule has 0 spiro atoms. The van der Waals surface area contributed by atoms with Crippen LogP contribution in [0.5, 0.6) is 0 Å². The second-order valence-corrected chi connectivity index (χ2v) is 4.44. The molecule has 2 rings (SSSR count). The quantitative estimate of drug-likeness (QED) is 0.484. The van der Waals surface area contributed by atoms with Gasteiger partial charge in [0.1, 0.15) is 5.78 Å². The van der Waals surface area contributed by atoms with E-state index in [9.17, 15) is 4.79 Å². The van der Waals surface area contributed by atoms with Crippen molar-refractivity contribution in [1.29, 1.82) is 0 Å². The van der Waals surface area contributed by atoms with Crippen LogP contribution >= 0.6 is 0 Å². The summed E-state index contributed by atoms with van der Waals surface area (Å²) in [5.41, 5.74) is -0.0584. The number of Topliss-reactive ketones (excluding diaryl/α,β-unsaturated/α-hetero) is 1. The zero-order valence-corrected chi connectivity index (χ0v) is 7.13. The minimum atomic E-state index is -0.0584. The van der Waals surface area contributed by atoms with Crippen molar-refractivity contribution in [2.24, 2.45) is 17.3 Å². The summed E-state index contributed by atoms with van der Waals surface area (Å²) in [5, 5.41) is 0. The zero-order valence-electron chi connectivity index (χ0n) is 7.13. The molecule has 0 aromatic carbocycles. The van der Waals surface area contributed by atoms with E-state index in [1.807, 2.05) is 0 Å². The van der Waals surface area contributed by atoms with E-state index >= 15 is 0 Å². The SMILES string of the molecule is CC1(C)CC2C=CC(C2)C1=O. The fraction of sp³-hybridized carbons (Fsp3) is 0.700. The Balaban J connectivity index is 2.30. The predicted molar refractivity (Wildman–Crippen MR) is 44.1 cm³/mol. The van der Waals surface area contributed by atoms with Gasteiger partial charge in [0.05, 0.1) is 0 Å². The third-order valence-electron chi connectivity index (χ3n) is 2.95. The van der Waals surface area contributed by atoms with Crippen molar-refractivity contribution in [3.05, 3.63) is 12.2 Å². The molecule has 0 radical (unpaired) electrons. The summed E-state index contributed by atoms with van der Waals surface area (Å²) >= 11 is 0. The fourth-order valence-electron chi connectivity index (χ4n) is 2.38. The molecule has 1 nitrogen and oxygen atoms in total. The van der Waals surface area contributed by atoms with Crippen LogP contribution < -0.4 is 0 Å². The van der Waals surface area contributed by atoms with Crippen LogP contribution in [0.2, 0.25) is 0 Å². The molecule has 1 fully saturated rings. The second-order valence-electron chi connectivity index (χ2n) is 4.44. The van der Waals surface area contributed by atoms with Crippen molar-refractivity contribution >= 4 is 5.78 Å². The molecule has 1 saturated carbocycles. The van der Waals surface area contributed by atoms with E-state index < -0.39 is 0 Å². The zero-order chi connectivity index (χ0) is 8.06. The van der Waals surface area contributed by atoms with Crippen molar-refractivity contribution in [2.45, 2.75) is 26.7 Å². The monoisotopic (exact) mass is 150 g/mol. The van der Waals surface area contributed by atoms with Crippen molar-refractivity contribution in [1.82, 2.24) is 0 Å². The standard InChI is InChI=1S/C10H14O/c1-10(2)6-7-3-4-8(5-7)9(10)11/h3-4,7-8H,5-6H2,1-2H3. The van der Waals surface area contributed by atoms with Crippen LogP contribution in [0.15, 0.2) is 12.2 Å². The Labute approximate surface area is 67.5 Å². The lowest BCUT2D eigenvalue weighted by Gasteiger charge is -2.32. The van der Waals surface area contributed by atoms with Gasteiger partial charge in [-0.25, -0.2) is 0 Å². The number of ketones is 1. The van der Waals surface area contributed by atoms with Gasteiger partial charge in [0.25, 0.3) is 0 Å². The largest absolute Gasteiger partial charge is 0.298 e. The Kier molecular flexibility index (Phi) is 1.26. The van der Waals surface area contributed by atoms with Gasteiger partial charge in [-0.15, -0.1) is 0 Å². The number of hydrogen-bond acceptors (Lipinski definition) is 1. The highest BCUT2D eigenvalue weighted by Gasteiger charge is 2.42. The maximum atomic E-state index is 11.7. The average Bonchev–Trinajstić information content (AvgIpc) is 2.29. The van der Waals surface area contributed by atoms with Crippen molar-refractivity contribution < 1.29 is 4.79 Å². The van der Waals surface area contributed by atoms with E-state index in [0.717, 1.165) is 12.8 Å². The van der Waals surface area contributed by atoms with Crippen molar-refractivity contribution in [2.75, 3.05) is 0 Å². The summed E-state index contributed by atoms with van der Waals surface area (Å²) in [6.45, 7) is 4.14. The lowest BCUT2D eigenvalue weighted by atomic mass is 9.70. The first-order chi connectivity index (χ1) is 5.09. The minimum Gasteiger partial charge on any atom is -0.298 e. The molecule has 2 aliphatic rings. The van der Waals surface area contributed by atoms with E-state index in [2.05, 4.69) is 26.0 Å². The van der Waals surface area contributed by atoms with Gasteiger partial charge in [-0.1, -0.05) is 26.0 Å². The predicted octanol–water partition coefficient (Wildman–Crippen LogP) is 2.18. The van der Waals surface area contributed by atoms with Gasteiger partial charge in [-0.2, -0.15) is 0 Å². The van der Waals surface area contributed by atoms with Crippen LogP contribution in [0.25, 0.3) is 0 Å². The second kappa shape index (κ2) is 1.96. The molecule has 0 aliphatic heterocycles. The van der Waals surface area contributed by atoms with Crippen LogP contribution in [-0.2, 0) is 4.79 Å². The molecule has 0 amide bonds. The highest BCUT2D eigenvalue weighted by atomic mass is 16.1. The molecular formula is C10H14O. The molecule has 0 N–H and O–H groups in total. The maximum Gasteiger partial charge on any atom is 0.145 e. The number of fused-ring (bicyclic) bond motifs is 2.